The van der Waals surface area contributed by atoms with Gasteiger partial charge in [-0.05, 0) is 58.0 Å². The highest BCUT2D eigenvalue weighted by Crippen LogP contribution is 2.20. The first-order chi connectivity index (χ1) is 12.2. The Balaban J connectivity index is 1.76. The standard InChI is InChI=1S/C18H28BrN3O3S/c1-18(2,22-11-4-3-5-12-22)14-20-17(23)9-10-21-26(24,25)16-8-6-7-15(19)13-16/h6-8,13,21H,3-5,9-12,14H2,1-2H3,(H,20,23). The van der Waals surface area contributed by atoms with Gasteiger partial charge in [-0.1, -0.05) is 28.4 Å². The van der Waals surface area contributed by atoms with E-state index in [0.29, 0.717) is 11.0 Å². The molecule has 0 unspecified atom stereocenters. The van der Waals surface area contributed by atoms with Gasteiger partial charge in [0.2, 0.25) is 15.9 Å². The maximum absolute atomic E-state index is 12.2. The number of amides is 1. The summed E-state index contributed by atoms with van der Waals surface area (Å²) >= 11 is 3.26. The second kappa shape index (κ2) is 9.30. The van der Waals surface area contributed by atoms with E-state index in [1.807, 2.05) is 0 Å². The second-order valence-corrected chi connectivity index (χ2v) is 9.92. The highest BCUT2D eigenvalue weighted by atomic mass is 79.9. The van der Waals surface area contributed by atoms with Gasteiger partial charge in [-0.25, -0.2) is 13.1 Å². The zero-order valence-electron chi connectivity index (χ0n) is 15.4. The van der Waals surface area contributed by atoms with Crippen LogP contribution in [-0.2, 0) is 14.8 Å². The fraction of sp³-hybridized carbons (Fsp3) is 0.611. The van der Waals surface area contributed by atoms with E-state index in [-0.39, 0.29) is 29.3 Å². The summed E-state index contributed by atoms with van der Waals surface area (Å²) in [7, 11) is -3.61. The van der Waals surface area contributed by atoms with Crippen molar-refractivity contribution in [1.82, 2.24) is 14.9 Å². The smallest absolute Gasteiger partial charge is 0.240 e. The van der Waals surface area contributed by atoms with Crippen molar-refractivity contribution in [2.24, 2.45) is 0 Å². The second-order valence-electron chi connectivity index (χ2n) is 7.24. The van der Waals surface area contributed by atoms with Gasteiger partial charge in [0.25, 0.3) is 0 Å². The van der Waals surface area contributed by atoms with Crippen molar-refractivity contribution in [1.29, 1.82) is 0 Å². The highest BCUT2D eigenvalue weighted by Gasteiger charge is 2.28. The van der Waals surface area contributed by atoms with Gasteiger partial charge in [-0.2, -0.15) is 0 Å². The summed E-state index contributed by atoms with van der Waals surface area (Å²) in [6, 6.07) is 6.47. The zero-order valence-corrected chi connectivity index (χ0v) is 17.8. The van der Waals surface area contributed by atoms with Gasteiger partial charge in [-0.15, -0.1) is 0 Å². The Morgan fingerprint density at radius 3 is 2.58 bits per heavy atom. The molecule has 0 bridgehead atoms. The molecule has 0 atom stereocenters. The number of benzene rings is 1. The van der Waals surface area contributed by atoms with Gasteiger partial charge >= 0.3 is 0 Å². The summed E-state index contributed by atoms with van der Waals surface area (Å²) in [5, 5.41) is 2.93. The first kappa shape index (κ1) is 21.3. The molecule has 1 aromatic carbocycles. The van der Waals surface area contributed by atoms with E-state index in [4.69, 9.17) is 0 Å². The van der Waals surface area contributed by atoms with Crippen LogP contribution in [0.1, 0.15) is 39.5 Å². The number of hydrogen-bond donors (Lipinski definition) is 2. The van der Waals surface area contributed by atoms with Gasteiger partial charge in [0.1, 0.15) is 0 Å². The molecule has 1 aliphatic rings. The maximum atomic E-state index is 12.2. The van der Waals surface area contributed by atoms with Crippen LogP contribution in [0.4, 0.5) is 0 Å². The van der Waals surface area contributed by atoms with Crippen LogP contribution < -0.4 is 10.0 Å². The third-order valence-electron chi connectivity index (χ3n) is 4.68. The molecule has 1 aromatic rings. The fourth-order valence-corrected chi connectivity index (χ4v) is 4.66. The monoisotopic (exact) mass is 445 g/mol. The average molecular weight is 446 g/mol. The first-order valence-corrected chi connectivity index (χ1v) is 11.3. The zero-order chi connectivity index (χ0) is 19.2. The van der Waals surface area contributed by atoms with E-state index in [1.54, 1.807) is 12.1 Å². The Kier molecular flexibility index (Phi) is 7.63. The number of hydrogen-bond acceptors (Lipinski definition) is 4. The van der Waals surface area contributed by atoms with Gasteiger partial charge in [0.05, 0.1) is 4.90 Å². The number of likely N-dealkylation sites (tertiary alicyclic amines) is 1. The number of nitrogens with zero attached hydrogens (tertiary/aromatic N) is 1. The quantitative estimate of drug-likeness (QED) is 0.643. The molecule has 1 aliphatic heterocycles. The lowest BCUT2D eigenvalue weighted by atomic mass is 9.98. The van der Waals surface area contributed by atoms with Crippen LogP contribution in [0, 0.1) is 0 Å². The Hall–Kier alpha value is -0.960. The number of rotatable bonds is 8. The van der Waals surface area contributed by atoms with Crippen LogP contribution in [0.5, 0.6) is 0 Å². The summed E-state index contributed by atoms with van der Waals surface area (Å²) in [5.74, 6) is -0.146. The molecule has 8 heteroatoms. The summed E-state index contributed by atoms with van der Waals surface area (Å²) in [4.78, 5) is 14.7. The number of carbonyl (C=O) groups excluding carboxylic acids is 1. The molecular formula is C18H28BrN3O3S. The molecular weight excluding hydrogens is 418 g/mol. The van der Waals surface area contributed by atoms with E-state index in [0.717, 1.165) is 13.1 Å². The Labute approximate surface area is 164 Å². The minimum absolute atomic E-state index is 0.0742. The molecule has 0 radical (unpaired) electrons. The summed E-state index contributed by atoms with van der Waals surface area (Å²) in [6.45, 7) is 7.03. The average Bonchev–Trinajstić information content (AvgIpc) is 2.61. The molecule has 1 fully saturated rings. The number of carbonyl (C=O) groups is 1. The molecule has 2 rings (SSSR count). The van der Waals surface area contributed by atoms with Crippen LogP contribution in [0.3, 0.4) is 0 Å². The lowest BCUT2D eigenvalue weighted by molar-refractivity contribution is -0.121. The molecule has 6 nitrogen and oxygen atoms in total. The summed E-state index contributed by atoms with van der Waals surface area (Å²) in [5.41, 5.74) is -0.0914. The van der Waals surface area contributed by atoms with E-state index < -0.39 is 10.0 Å². The van der Waals surface area contributed by atoms with Crippen molar-refractivity contribution >= 4 is 31.9 Å². The van der Waals surface area contributed by atoms with E-state index >= 15 is 0 Å². The van der Waals surface area contributed by atoms with Crippen LogP contribution in [0.15, 0.2) is 33.6 Å². The molecule has 146 valence electrons. The Bertz CT molecular complexity index is 716. The van der Waals surface area contributed by atoms with Crippen LogP contribution >= 0.6 is 15.9 Å². The molecule has 2 N–H and O–H groups in total. The van der Waals surface area contributed by atoms with Crippen molar-refractivity contribution in [3.63, 3.8) is 0 Å². The number of halogens is 1. The topological polar surface area (TPSA) is 78.5 Å². The molecule has 0 spiro atoms. The third-order valence-corrected chi connectivity index (χ3v) is 6.63. The molecule has 1 saturated heterocycles. The predicted molar refractivity (Wildman–Crippen MR) is 106 cm³/mol. The van der Waals surface area contributed by atoms with Crippen molar-refractivity contribution < 1.29 is 13.2 Å². The Morgan fingerprint density at radius 1 is 1.23 bits per heavy atom. The molecule has 26 heavy (non-hydrogen) atoms. The lowest BCUT2D eigenvalue weighted by Crippen LogP contribution is -2.53. The normalized spacial score (nSPS) is 16.4. The van der Waals surface area contributed by atoms with Crippen molar-refractivity contribution in [3.05, 3.63) is 28.7 Å². The van der Waals surface area contributed by atoms with E-state index in [9.17, 15) is 13.2 Å². The molecule has 1 amide bonds. The van der Waals surface area contributed by atoms with Gasteiger partial charge in [0.15, 0.2) is 0 Å². The summed E-state index contributed by atoms with van der Waals surface area (Å²) < 4.78 is 27.6. The number of nitrogens with one attached hydrogen (secondary N) is 2. The predicted octanol–water partition coefficient (Wildman–Crippen LogP) is 2.50. The SMILES string of the molecule is CC(C)(CNC(=O)CCNS(=O)(=O)c1cccc(Br)c1)N1CCCCC1. The fourth-order valence-electron chi connectivity index (χ4n) is 3.03. The minimum atomic E-state index is -3.61. The van der Waals surface area contributed by atoms with E-state index in [1.165, 1.54) is 31.4 Å². The largest absolute Gasteiger partial charge is 0.354 e. The Morgan fingerprint density at radius 2 is 1.92 bits per heavy atom. The van der Waals surface area contributed by atoms with Crippen molar-refractivity contribution in [2.75, 3.05) is 26.2 Å². The maximum Gasteiger partial charge on any atom is 0.240 e. The lowest BCUT2D eigenvalue weighted by Gasteiger charge is -2.41. The number of sulfonamides is 1. The van der Waals surface area contributed by atoms with Gasteiger partial charge < -0.3 is 5.32 Å². The van der Waals surface area contributed by atoms with Gasteiger partial charge in [0, 0.05) is 29.5 Å². The van der Waals surface area contributed by atoms with Crippen molar-refractivity contribution in [3.8, 4) is 0 Å². The van der Waals surface area contributed by atoms with E-state index in [2.05, 4.69) is 44.7 Å². The summed E-state index contributed by atoms with van der Waals surface area (Å²) in [6.07, 6.45) is 3.80. The van der Waals surface area contributed by atoms with Crippen LogP contribution in [-0.4, -0.2) is 50.9 Å². The van der Waals surface area contributed by atoms with Crippen LogP contribution in [0.2, 0.25) is 0 Å². The molecule has 0 aliphatic carbocycles. The molecule has 0 saturated carbocycles. The first-order valence-electron chi connectivity index (χ1n) is 8.98. The highest BCUT2D eigenvalue weighted by molar-refractivity contribution is 9.10. The molecule has 1 heterocycles. The number of piperidine rings is 1. The minimum Gasteiger partial charge on any atom is -0.354 e. The van der Waals surface area contributed by atoms with Crippen molar-refractivity contribution in [2.45, 2.75) is 50.0 Å². The van der Waals surface area contributed by atoms with Gasteiger partial charge in [-0.3, -0.25) is 9.69 Å². The van der Waals surface area contributed by atoms with Crippen LogP contribution in [0.25, 0.3) is 0 Å². The third kappa shape index (κ3) is 6.33. The molecule has 0 aromatic heterocycles.